The molecule has 0 aliphatic carbocycles. The summed E-state index contributed by atoms with van der Waals surface area (Å²) in [6.07, 6.45) is 6.79. The van der Waals surface area contributed by atoms with E-state index in [0.29, 0.717) is 0 Å². The number of hydrogen-bond donors (Lipinski definition) is 0. The lowest BCUT2D eigenvalue weighted by atomic mass is 10.1. The molecule has 1 aliphatic rings. The Hall–Kier alpha value is -1.95. The Balaban J connectivity index is 1.84. The molecule has 0 fully saturated rings. The van der Waals surface area contributed by atoms with Gasteiger partial charge in [0.05, 0.1) is 18.3 Å². The summed E-state index contributed by atoms with van der Waals surface area (Å²) >= 11 is 0. The Bertz CT molecular complexity index is 442. The largest absolute Gasteiger partial charge is 0.359 e. The van der Waals surface area contributed by atoms with Gasteiger partial charge in [-0.15, -0.1) is 0 Å². The summed E-state index contributed by atoms with van der Waals surface area (Å²) in [4.78, 5) is 4.63. The maximum Gasteiger partial charge on any atom is 0.0991 e. The summed E-state index contributed by atoms with van der Waals surface area (Å²) in [7, 11) is 0. The van der Waals surface area contributed by atoms with Gasteiger partial charge in [0, 0.05) is 25.5 Å². The molecule has 0 amide bonds. The standard InChI is InChI=1S/C15H19N3/c1-2-3-8-17-9-10-18(13-17)12-15-6-4-14(11-16)5-7-15/h4-7,9-10H,2-3,8,12-13H2,1H3. The third-order valence-electron chi connectivity index (χ3n) is 3.12. The second kappa shape index (κ2) is 6.11. The van der Waals surface area contributed by atoms with Crippen LogP contribution in [0.1, 0.15) is 30.9 Å². The van der Waals surface area contributed by atoms with Crippen LogP contribution < -0.4 is 0 Å². The fourth-order valence-corrected chi connectivity index (χ4v) is 2.04. The molecule has 0 bridgehead atoms. The Morgan fingerprint density at radius 2 is 1.89 bits per heavy atom. The van der Waals surface area contributed by atoms with Crippen LogP contribution in [0.5, 0.6) is 0 Å². The molecular formula is C15H19N3. The van der Waals surface area contributed by atoms with Crippen molar-refractivity contribution in [1.82, 2.24) is 9.80 Å². The summed E-state index contributed by atoms with van der Waals surface area (Å²) in [5.74, 6) is 0. The first-order valence-electron chi connectivity index (χ1n) is 6.47. The highest BCUT2D eigenvalue weighted by molar-refractivity contribution is 5.31. The van der Waals surface area contributed by atoms with E-state index in [-0.39, 0.29) is 0 Å². The monoisotopic (exact) mass is 241 g/mol. The molecule has 1 heterocycles. The van der Waals surface area contributed by atoms with Crippen LogP contribution in [0.2, 0.25) is 0 Å². The van der Waals surface area contributed by atoms with Gasteiger partial charge < -0.3 is 9.80 Å². The fourth-order valence-electron chi connectivity index (χ4n) is 2.04. The average molecular weight is 241 g/mol. The highest BCUT2D eigenvalue weighted by Gasteiger charge is 2.11. The van der Waals surface area contributed by atoms with Gasteiger partial charge in [-0.3, -0.25) is 0 Å². The summed E-state index contributed by atoms with van der Waals surface area (Å²) in [6.45, 7) is 5.23. The van der Waals surface area contributed by atoms with Crippen molar-refractivity contribution in [2.75, 3.05) is 13.2 Å². The third-order valence-corrected chi connectivity index (χ3v) is 3.12. The first-order valence-corrected chi connectivity index (χ1v) is 6.47. The lowest BCUT2D eigenvalue weighted by Crippen LogP contribution is -2.25. The predicted molar refractivity (Wildman–Crippen MR) is 72.3 cm³/mol. The molecule has 0 unspecified atom stereocenters. The molecule has 3 heteroatoms. The van der Waals surface area contributed by atoms with Gasteiger partial charge in [-0.05, 0) is 24.1 Å². The van der Waals surface area contributed by atoms with Crippen LogP contribution in [0.4, 0.5) is 0 Å². The van der Waals surface area contributed by atoms with Crippen LogP contribution in [0, 0.1) is 11.3 Å². The molecule has 1 aromatic rings. The minimum atomic E-state index is 0.722. The van der Waals surface area contributed by atoms with Crippen molar-refractivity contribution in [2.24, 2.45) is 0 Å². The average Bonchev–Trinajstić information content (AvgIpc) is 2.85. The topological polar surface area (TPSA) is 30.3 Å². The molecule has 94 valence electrons. The quantitative estimate of drug-likeness (QED) is 0.794. The van der Waals surface area contributed by atoms with Crippen molar-refractivity contribution in [1.29, 1.82) is 5.26 Å². The van der Waals surface area contributed by atoms with E-state index in [9.17, 15) is 0 Å². The highest BCUT2D eigenvalue weighted by Crippen LogP contribution is 2.13. The number of benzene rings is 1. The maximum atomic E-state index is 8.75. The lowest BCUT2D eigenvalue weighted by molar-refractivity contribution is 0.257. The number of nitriles is 1. The number of unbranched alkanes of at least 4 members (excludes halogenated alkanes) is 1. The molecule has 0 aromatic heterocycles. The number of hydrogen-bond acceptors (Lipinski definition) is 3. The van der Waals surface area contributed by atoms with E-state index in [1.54, 1.807) is 0 Å². The van der Waals surface area contributed by atoms with Crippen molar-refractivity contribution in [3.05, 3.63) is 47.8 Å². The first kappa shape index (κ1) is 12.5. The zero-order valence-electron chi connectivity index (χ0n) is 10.8. The molecule has 0 N–H and O–H groups in total. The molecule has 3 nitrogen and oxygen atoms in total. The van der Waals surface area contributed by atoms with Crippen LogP contribution in [-0.4, -0.2) is 23.0 Å². The fraction of sp³-hybridized carbons (Fsp3) is 0.400. The third kappa shape index (κ3) is 3.27. The molecule has 0 spiro atoms. The lowest BCUT2D eigenvalue weighted by Gasteiger charge is -2.21. The first-order chi connectivity index (χ1) is 8.81. The molecule has 1 aromatic carbocycles. The molecule has 2 rings (SSSR count). The van der Waals surface area contributed by atoms with Gasteiger partial charge in [-0.25, -0.2) is 0 Å². The van der Waals surface area contributed by atoms with Crippen molar-refractivity contribution >= 4 is 0 Å². The van der Waals surface area contributed by atoms with Gasteiger partial charge in [0.2, 0.25) is 0 Å². The summed E-state index contributed by atoms with van der Waals surface area (Å²) in [5.41, 5.74) is 1.97. The molecule has 0 saturated carbocycles. The van der Waals surface area contributed by atoms with Crippen LogP contribution in [0.15, 0.2) is 36.7 Å². The maximum absolute atomic E-state index is 8.75. The summed E-state index contributed by atoms with van der Waals surface area (Å²) in [6, 6.07) is 9.96. The summed E-state index contributed by atoms with van der Waals surface area (Å²) in [5, 5.41) is 8.75. The van der Waals surface area contributed by atoms with Crippen LogP contribution in [0.3, 0.4) is 0 Å². The van der Waals surface area contributed by atoms with E-state index < -0.39 is 0 Å². The summed E-state index contributed by atoms with van der Waals surface area (Å²) < 4.78 is 0. The van der Waals surface area contributed by atoms with Crippen LogP contribution in [-0.2, 0) is 6.54 Å². The number of nitrogens with zero attached hydrogens (tertiary/aromatic N) is 3. The van der Waals surface area contributed by atoms with Gasteiger partial charge in [0.25, 0.3) is 0 Å². The van der Waals surface area contributed by atoms with Gasteiger partial charge in [0.1, 0.15) is 0 Å². The van der Waals surface area contributed by atoms with Crippen LogP contribution >= 0.6 is 0 Å². The molecule has 0 radical (unpaired) electrons. The van der Waals surface area contributed by atoms with Crippen molar-refractivity contribution in [3.63, 3.8) is 0 Å². The Labute approximate surface area is 109 Å². The number of rotatable bonds is 5. The molecule has 0 saturated heterocycles. The molecule has 1 aliphatic heterocycles. The molecular weight excluding hydrogens is 222 g/mol. The zero-order chi connectivity index (χ0) is 12.8. The Morgan fingerprint density at radius 1 is 1.17 bits per heavy atom. The Morgan fingerprint density at radius 3 is 2.56 bits per heavy atom. The zero-order valence-corrected chi connectivity index (χ0v) is 10.8. The van der Waals surface area contributed by atoms with Crippen molar-refractivity contribution in [2.45, 2.75) is 26.3 Å². The Kier molecular flexibility index (Phi) is 4.25. The van der Waals surface area contributed by atoms with Crippen molar-refractivity contribution in [3.8, 4) is 6.07 Å². The molecule has 0 atom stereocenters. The van der Waals surface area contributed by atoms with E-state index in [0.717, 1.165) is 25.3 Å². The van der Waals surface area contributed by atoms with Crippen LogP contribution in [0.25, 0.3) is 0 Å². The van der Waals surface area contributed by atoms with E-state index in [2.05, 4.69) is 35.2 Å². The van der Waals surface area contributed by atoms with Gasteiger partial charge in [0.15, 0.2) is 0 Å². The second-order valence-electron chi connectivity index (χ2n) is 4.66. The van der Waals surface area contributed by atoms with Gasteiger partial charge in [-0.1, -0.05) is 25.5 Å². The van der Waals surface area contributed by atoms with E-state index in [1.165, 1.54) is 18.4 Å². The minimum absolute atomic E-state index is 0.722. The molecule has 18 heavy (non-hydrogen) atoms. The minimum Gasteiger partial charge on any atom is -0.359 e. The van der Waals surface area contributed by atoms with Gasteiger partial charge >= 0.3 is 0 Å². The van der Waals surface area contributed by atoms with E-state index >= 15 is 0 Å². The van der Waals surface area contributed by atoms with E-state index in [1.807, 2.05) is 24.3 Å². The highest BCUT2D eigenvalue weighted by atomic mass is 15.3. The predicted octanol–water partition coefficient (Wildman–Crippen LogP) is 2.90. The van der Waals surface area contributed by atoms with E-state index in [4.69, 9.17) is 5.26 Å². The second-order valence-corrected chi connectivity index (χ2v) is 4.66. The normalized spacial score (nSPS) is 14.0. The SMILES string of the molecule is CCCCN1C=CN(Cc2ccc(C#N)cc2)C1. The van der Waals surface area contributed by atoms with Crippen molar-refractivity contribution < 1.29 is 0 Å². The van der Waals surface area contributed by atoms with Gasteiger partial charge in [-0.2, -0.15) is 5.26 Å². The smallest absolute Gasteiger partial charge is 0.0991 e.